The first kappa shape index (κ1) is 8.49. The molecule has 2 N–H and O–H groups in total. The van der Waals surface area contributed by atoms with Crippen LogP contribution in [-0.4, -0.2) is 28.6 Å². The first-order valence-corrected chi connectivity index (χ1v) is 3.65. The molecule has 0 aliphatic carbocycles. The lowest BCUT2D eigenvalue weighted by Crippen LogP contribution is -2.37. The second kappa shape index (κ2) is 3.19. The SMILES string of the molecule is CC1CC(=O)O[C@H](C(O)O)C1. The van der Waals surface area contributed by atoms with Crippen LogP contribution in [0.3, 0.4) is 0 Å². The van der Waals surface area contributed by atoms with Crippen molar-refractivity contribution in [1.29, 1.82) is 0 Å². The average Bonchev–Trinajstić information content (AvgIpc) is 1.85. The molecular formula is C7H12O4. The van der Waals surface area contributed by atoms with Gasteiger partial charge in [-0.1, -0.05) is 6.92 Å². The van der Waals surface area contributed by atoms with Crippen molar-refractivity contribution in [3.05, 3.63) is 0 Å². The van der Waals surface area contributed by atoms with Crippen LogP contribution in [0.15, 0.2) is 0 Å². The number of cyclic esters (lactones) is 1. The fourth-order valence-corrected chi connectivity index (χ4v) is 1.21. The third-order valence-corrected chi connectivity index (χ3v) is 1.77. The predicted molar refractivity (Wildman–Crippen MR) is 36.5 cm³/mol. The standard InChI is InChI=1S/C7H12O4/c1-4-2-5(7(9)10)11-6(8)3-4/h4-5,7,9-10H,2-3H2,1H3/t4?,5-/m0/s1. The van der Waals surface area contributed by atoms with Crippen molar-refractivity contribution in [3.8, 4) is 0 Å². The minimum Gasteiger partial charge on any atom is -0.457 e. The summed E-state index contributed by atoms with van der Waals surface area (Å²) in [5.74, 6) is -0.162. The minimum atomic E-state index is -1.54. The zero-order chi connectivity index (χ0) is 8.43. The second-order valence-electron chi connectivity index (χ2n) is 2.99. The van der Waals surface area contributed by atoms with E-state index in [9.17, 15) is 4.79 Å². The molecular weight excluding hydrogens is 148 g/mol. The molecule has 0 bridgehead atoms. The molecule has 4 heteroatoms. The number of aliphatic hydroxyl groups excluding tert-OH is 1. The smallest absolute Gasteiger partial charge is 0.306 e. The summed E-state index contributed by atoms with van der Waals surface area (Å²) in [5.41, 5.74) is 0. The van der Waals surface area contributed by atoms with Crippen LogP contribution >= 0.6 is 0 Å². The number of hydrogen-bond acceptors (Lipinski definition) is 4. The molecule has 0 aromatic heterocycles. The first-order valence-electron chi connectivity index (χ1n) is 3.65. The van der Waals surface area contributed by atoms with Gasteiger partial charge in [0.2, 0.25) is 0 Å². The summed E-state index contributed by atoms with van der Waals surface area (Å²) in [4.78, 5) is 10.7. The van der Waals surface area contributed by atoms with Crippen molar-refractivity contribution < 1.29 is 19.7 Å². The molecule has 64 valence electrons. The highest BCUT2D eigenvalue weighted by atomic mass is 16.6. The van der Waals surface area contributed by atoms with E-state index in [0.29, 0.717) is 12.8 Å². The molecule has 0 aromatic carbocycles. The summed E-state index contributed by atoms with van der Waals surface area (Å²) in [7, 11) is 0. The largest absolute Gasteiger partial charge is 0.457 e. The summed E-state index contributed by atoms with van der Waals surface area (Å²) >= 11 is 0. The average molecular weight is 160 g/mol. The van der Waals surface area contributed by atoms with Gasteiger partial charge in [-0.05, 0) is 12.3 Å². The molecule has 1 unspecified atom stereocenters. The zero-order valence-electron chi connectivity index (χ0n) is 6.36. The molecule has 1 rings (SSSR count). The number of hydrogen-bond donors (Lipinski definition) is 2. The summed E-state index contributed by atoms with van der Waals surface area (Å²) in [6.45, 7) is 1.88. The Labute approximate surface area is 64.8 Å². The van der Waals surface area contributed by atoms with Gasteiger partial charge in [-0.15, -0.1) is 0 Å². The highest BCUT2D eigenvalue weighted by Gasteiger charge is 2.29. The summed E-state index contributed by atoms with van der Waals surface area (Å²) in [5, 5.41) is 17.4. The second-order valence-corrected chi connectivity index (χ2v) is 2.99. The van der Waals surface area contributed by atoms with Crippen LogP contribution in [-0.2, 0) is 9.53 Å². The molecule has 1 fully saturated rings. The maximum atomic E-state index is 10.7. The van der Waals surface area contributed by atoms with E-state index in [2.05, 4.69) is 4.74 Å². The number of rotatable bonds is 1. The zero-order valence-corrected chi connectivity index (χ0v) is 6.36. The maximum Gasteiger partial charge on any atom is 0.306 e. The molecule has 1 saturated heterocycles. The van der Waals surface area contributed by atoms with E-state index < -0.39 is 12.4 Å². The molecule has 1 aliphatic heterocycles. The Morgan fingerprint density at radius 3 is 2.73 bits per heavy atom. The lowest BCUT2D eigenvalue weighted by atomic mass is 9.97. The van der Waals surface area contributed by atoms with Crippen molar-refractivity contribution in [3.63, 3.8) is 0 Å². The quantitative estimate of drug-likeness (QED) is 0.406. The Hall–Kier alpha value is -0.610. The molecule has 4 nitrogen and oxygen atoms in total. The van der Waals surface area contributed by atoms with Gasteiger partial charge in [0.1, 0.15) is 0 Å². The Balaban J connectivity index is 2.49. The molecule has 2 atom stereocenters. The van der Waals surface area contributed by atoms with Gasteiger partial charge in [0, 0.05) is 6.42 Å². The Morgan fingerprint density at radius 2 is 2.27 bits per heavy atom. The first-order chi connectivity index (χ1) is 5.09. The number of aliphatic hydroxyl groups is 2. The number of carbonyl (C=O) groups is 1. The maximum absolute atomic E-state index is 10.7. The fraction of sp³-hybridized carbons (Fsp3) is 0.857. The van der Waals surface area contributed by atoms with Crippen molar-refractivity contribution in [1.82, 2.24) is 0 Å². The number of esters is 1. The molecule has 1 heterocycles. The van der Waals surface area contributed by atoms with Gasteiger partial charge in [0.05, 0.1) is 0 Å². The van der Waals surface area contributed by atoms with E-state index in [1.807, 2.05) is 6.92 Å². The van der Waals surface area contributed by atoms with E-state index in [-0.39, 0.29) is 11.9 Å². The van der Waals surface area contributed by atoms with Gasteiger partial charge in [-0.3, -0.25) is 4.79 Å². The van der Waals surface area contributed by atoms with E-state index in [1.165, 1.54) is 0 Å². The molecule has 1 aliphatic rings. The topological polar surface area (TPSA) is 66.8 Å². The van der Waals surface area contributed by atoms with Gasteiger partial charge in [0.15, 0.2) is 12.4 Å². The lowest BCUT2D eigenvalue weighted by Gasteiger charge is -2.27. The molecule has 0 amide bonds. The number of ether oxygens (including phenoxy) is 1. The highest BCUT2D eigenvalue weighted by Crippen LogP contribution is 2.21. The van der Waals surface area contributed by atoms with Crippen LogP contribution in [0.2, 0.25) is 0 Å². The van der Waals surface area contributed by atoms with Crippen LogP contribution in [0, 0.1) is 5.92 Å². The monoisotopic (exact) mass is 160 g/mol. The van der Waals surface area contributed by atoms with Crippen LogP contribution in [0.4, 0.5) is 0 Å². The summed E-state index contributed by atoms with van der Waals surface area (Å²) in [6, 6.07) is 0. The Kier molecular flexibility index (Phi) is 2.46. The van der Waals surface area contributed by atoms with Crippen LogP contribution in [0.1, 0.15) is 19.8 Å². The highest BCUT2D eigenvalue weighted by molar-refractivity contribution is 5.70. The summed E-state index contributed by atoms with van der Waals surface area (Å²) in [6.07, 6.45) is -1.36. The Morgan fingerprint density at radius 1 is 1.64 bits per heavy atom. The molecule has 0 spiro atoms. The number of carbonyl (C=O) groups excluding carboxylic acids is 1. The van der Waals surface area contributed by atoms with E-state index in [4.69, 9.17) is 10.2 Å². The van der Waals surface area contributed by atoms with Crippen LogP contribution in [0.25, 0.3) is 0 Å². The molecule has 0 saturated carbocycles. The summed E-state index contributed by atoms with van der Waals surface area (Å²) < 4.78 is 4.68. The van der Waals surface area contributed by atoms with Crippen molar-refractivity contribution in [2.75, 3.05) is 0 Å². The normalized spacial score (nSPS) is 32.2. The van der Waals surface area contributed by atoms with Gasteiger partial charge in [-0.2, -0.15) is 0 Å². The Bertz CT molecular complexity index is 155. The van der Waals surface area contributed by atoms with E-state index >= 15 is 0 Å². The van der Waals surface area contributed by atoms with Crippen molar-refractivity contribution >= 4 is 5.97 Å². The van der Waals surface area contributed by atoms with Gasteiger partial charge < -0.3 is 14.9 Å². The fourth-order valence-electron chi connectivity index (χ4n) is 1.21. The van der Waals surface area contributed by atoms with E-state index in [0.717, 1.165) is 0 Å². The van der Waals surface area contributed by atoms with E-state index in [1.54, 1.807) is 0 Å². The lowest BCUT2D eigenvalue weighted by molar-refractivity contribution is -0.187. The van der Waals surface area contributed by atoms with Gasteiger partial charge >= 0.3 is 5.97 Å². The molecule has 0 radical (unpaired) electrons. The third-order valence-electron chi connectivity index (χ3n) is 1.77. The molecule has 0 aromatic rings. The van der Waals surface area contributed by atoms with Crippen LogP contribution in [0.5, 0.6) is 0 Å². The molecule has 11 heavy (non-hydrogen) atoms. The van der Waals surface area contributed by atoms with Crippen LogP contribution < -0.4 is 0 Å². The van der Waals surface area contributed by atoms with Crippen molar-refractivity contribution in [2.24, 2.45) is 5.92 Å². The minimum absolute atomic E-state index is 0.183. The van der Waals surface area contributed by atoms with Gasteiger partial charge in [0.25, 0.3) is 0 Å². The van der Waals surface area contributed by atoms with Gasteiger partial charge in [-0.25, -0.2) is 0 Å². The predicted octanol–water partition coefficient (Wildman–Crippen LogP) is -0.361. The van der Waals surface area contributed by atoms with Crippen molar-refractivity contribution in [2.45, 2.75) is 32.2 Å². The third kappa shape index (κ3) is 2.17.